The van der Waals surface area contributed by atoms with Gasteiger partial charge in [-0.3, -0.25) is 4.90 Å². The van der Waals surface area contributed by atoms with Gasteiger partial charge in [-0.1, -0.05) is 18.2 Å². The molecule has 5 heteroatoms. The summed E-state index contributed by atoms with van der Waals surface area (Å²) in [5.74, 6) is 2.32. The predicted molar refractivity (Wildman–Crippen MR) is 100 cm³/mol. The van der Waals surface area contributed by atoms with Crippen molar-refractivity contribution in [1.29, 1.82) is 0 Å². The predicted octanol–water partition coefficient (Wildman–Crippen LogP) is 3.79. The topological polar surface area (TPSA) is 46.7 Å². The van der Waals surface area contributed by atoms with Crippen LogP contribution in [-0.2, 0) is 6.42 Å². The van der Waals surface area contributed by atoms with Crippen LogP contribution in [0, 0.1) is 6.92 Å². The van der Waals surface area contributed by atoms with Crippen LogP contribution in [0.4, 0.5) is 0 Å². The Labute approximate surface area is 152 Å². The fourth-order valence-corrected chi connectivity index (χ4v) is 4.45. The number of nitrogens with one attached hydrogen (secondary N) is 1. The Morgan fingerprint density at radius 3 is 2.88 bits per heavy atom. The molecule has 3 aromatic rings. The van der Waals surface area contributed by atoms with Crippen molar-refractivity contribution < 1.29 is 14.2 Å². The molecule has 0 fully saturated rings. The maximum absolute atomic E-state index is 5.84. The molecular weight excluding hydrogens is 328 g/mol. The molecule has 0 aliphatic carbocycles. The number of aryl methyl sites for hydroxylation is 1. The van der Waals surface area contributed by atoms with Gasteiger partial charge in [-0.05, 0) is 38.1 Å². The third-order valence-electron chi connectivity index (χ3n) is 5.61. The van der Waals surface area contributed by atoms with Crippen molar-refractivity contribution in [3.8, 4) is 17.2 Å². The van der Waals surface area contributed by atoms with Crippen LogP contribution in [0.1, 0.15) is 28.4 Å². The molecule has 1 N–H and O–H groups in total. The zero-order valence-electron chi connectivity index (χ0n) is 15.3. The van der Waals surface area contributed by atoms with Gasteiger partial charge in [-0.15, -0.1) is 0 Å². The first-order chi connectivity index (χ1) is 12.7. The van der Waals surface area contributed by atoms with Crippen molar-refractivity contribution in [2.45, 2.75) is 19.4 Å². The molecule has 0 bridgehead atoms. The number of nitrogens with zero attached hydrogens (tertiary/aromatic N) is 1. The van der Waals surface area contributed by atoms with Gasteiger partial charge in [-0.2, -0.15) is 0 Å². The Kier molecular flexibility index (Phi) is 3.40. The summed E-state index contributed by atoms with van der Waals surface area (Å²) in [6.07, 6.45) is 0.969. The highest BCUT2D eigenvalue weighted by Gasteiger charge is 2.36. The SMILES string of the molecule is COc1c2c(cc3c1C(c1c(C)[nH]c4ccccc14)N(C)CC3)OCO2. The maximum Gasteiger partial charge on any atom is 0.231 e. The van der Waals surface area contributed by atoms with Crippen molar-refractivity contribution >= 4 is 10.9 Å². The first-order valence-corrected chi connectivity index (χ1v) is 8.96. The largest absolute Gasteiger partial charge is 0.492 e. The van der Waals surface area contributed by atoms with Gasteiger partial charge < -0.3 is 19.2 Å². The number of rotatable bonds is 2. The molecule has 0 amide bonds. The van der Waals surface area contributed by atoms with E-state index in [1.165, 1.54) is 33.3 Å². The van der Waals surface area contributed by atoms with E-state index in [1.807, 2.05) is 0 Å². The summed E-state index contributed by atoms with van der Waals surface area (Å²) in [4.78, 5) is 5.94. The van der Waals surface area contributed by atoms with E-state index in [2.05, 4.69) is 54.2 Å². The van der Waals surface area contributed by atoms with E-state index in [0.717, 1.165) is 30.2 Å². The second-order valence-electron chi connectivity index (χ2n) is 7.06. The van der Waals surface area contributed by atoms with Crippen molar-refractivity contribution in [1.82, 2.24) is 9.88 Å². The lowest BCUT2D eigenvalue weighted by molar-refractivity contribution is 0.171. The van der Waals surface area contributed by atoms with Gasteiger partial charge in [0.2, 0.25) is 12.5 Å². The highest BCUT2D eigenvalue weighted by atomic mass is 16.7. The molecule has 1 aromatic heterocycles. The van der Waals surface area contributed by atoms with Crippen molar-refractivity contribution in [2.75, 3.05) is 27.5 Å². The quantitative estimate of drug-likeness (QED) is 0.764. The minimum atomic E-state index is 0.111. The Morgan fingerprint density at radius 1 is 1.19 bits per heavy atom. The number of likely N-dealkylation sites (N-methyl/N-ethyl adjacent to an activating group) is 1. The average Bonchev–Trinajstić information content (AvgIpc) is 3.23. The minimum Gasteiger partial charge on any atom is -0.492 e. The molecule has 3 heterocycles. The van der Waals surface area contributed by atoms with Gasteiger partial charge in [0.05, 0.1) is 13.2 Å². The summed E-state index contributed by atoms with van der Waals surface area (Å²) in [6.45, 7) is 3.39. The number of H-pyrrole nitrogens is 1. The fourth-order valence-electron chi connectivity index (χ4n) is 4.45. The molecule has 0 saturated carbocycles. The number of aromatic nitrogens is 1. The van der Waals surface area contributed by atoms with Gasteiger partial charge in [0.15, 0.2) is 11.5 Å². The smallest absolute Gasteiger partial charge is 0.231 e. The highest BCUT2D eigenvalue weighted by Crippen LogP contribution is 2.51. The maximum atomic E-state index is 5.84. The summed E-state index contributed by atoms with van der Waals surface area (Å²) >= 11 is 0. The average molecular weight is 350 g/mol. The molecule has 0 spiro atoms. The summed E-state index contributed by atoms with van der Waals surface area (Å²) in [5, 5.41) is 1.26. The second kappa shape index (κ2) is 5.68. The van der Waals surface area contributed by atoms with Gasteiger partial charge in [0, 0.05) is 34.3 Å². The fraction of sp³-hybridized carbons (Fsp3) is 0.333. The lowest BCUT2D eigenvalue weighted by Crippen LogP contribution is -2.33. The van der Waals surface area contributed by atoms with Gasteiger partial charge in [0.25, 0.3) is 0 Å². The van der Waals surface area contributed by atoms with E-state index in [4.69, 9.17) is 14.2 Å². The Morgan fingerprint density at radius 2 is 2.04 bits per heavy atom. The Hall–Kier alpha value is -2.66. The number of para-hydroxylation sites is 1. The Balaban J connectivity index is 1.80. The lowest BCUT2D eigenvalue weighted by Gasteiger charge is -2.36. The normalized spacial score (nSPS) is 19.0. The number of methoxy groups -OCH3 is 1. The van der Waals surface area contributed by atoms with Crippen LogP contribution in [-0.4, -0.2) is 37.4 Å². The second-order valence-corrected chi connectivity index (χ2v) is 7.06. The van der Waals surface area contributed by atoms with E-state index < -0.39 is 0 Å². The van der Waals surface area contributed by atoms with E-state index in [9.17, 15) is 0 Å². The monoisotopic (exact) mass is 350 g/mol. The van der Waals surface area contributed by atoms with Crippen LogP contribution < -0.4 is 14.2 Å². The summed E-state index contributed by atoms with van der Waals surface area (Å²) in [5.41, 5.74) is 6.13. The highest BCUT2D eigenvalue weighted by molar-refractivity contribution is 5.86. The van der Waals surface area contributed by atoms with Crippen LogP contribution in [0.3, 0.4) is 0 Å². The van der Waals surface area contributed by atoms with Crippen LogP contribution >= 0.6 is 0 Å². The van der Waals surface area contributed by atoms with E-state index in [-0.39, 0.29) is 12.8 Å². The van der Waals surface area contributed by atoms with Crippen LogP contribution in [0.5, 0.6) is 17.2 Å². The summed E-state index contributed by atoms with van der Waals surface area (Å²) < 4.78 is 17.2. The zero-order valence-corrected chi connectivity index (χ0v) is 15.3. The molecule has 5 nitrogen and oxygen atoms in total. The molecule has 134 valence electrons. The molecule has 1 atom stereocenters. The summed E-state index contributed by atoms with van der Waals surface area (Å²) in [7, 11) is 3.89. The van der Waals surface area contributed by atoms with Crippen LogP contribution in [0.15, 0.2) is 30.3 Å². The number of hydrogen-bond acceptors (Lipinski definition) is 4. The molecule has 2 aliphatic heterocycles. The standard InChI is InChI=1S/C21H22N2O3/c1-12-17(14-6-4-5-7-15(14)22-12)19-18-13(8-9-23(19)2)10-16-20(21(18)24-3)26-11-25-16/h4-7,10,19,22H,8-9,11H2,1-3H3. The molecule has 2 aromatic carbocycles. The number of fused-ring (bicyclic) bond motifs is 3. The van der Waals surface area contributed by atoms with Crippen molar-refractivity contribution in [3.63, 3.8) is 0 Å². The van der Waals surface area contributed by atoms with Crippen LogP contribution in [0.25, 0.3) is 10.9 Å². The van der Waals surface area contributed by atoms with Crippen LogP contribution in [0.2, 0.25) is 0 Å². The third-order valence-corrected chi connectivity index (χ3v) is 5.61. The van der Waals surface area contributed by atoms with Gasteiger partial charge in [-0.25, -0.2) is 0 Å². The number of benzene rings is 2. The molecule has 26 heavy (non-hydrogen) atoms. The number of ether oxygens (including phenoxy) is 3. The van der Waals surface area contributed by atoms with Gasteiger partial charge >= 0.3 is 0 Å². The van der Waals surface area contributed by atoms with E-state index in [1.54, 1.807) is 7.11 Å². The minimum absolute atomic E-state index is 0.111. The molecule has 0 saturated heterocycles. The first kappa shape index (κ1) is 15.6. The first-order valence-electron chi connectivity index (χ1n) is 8.96. The molecule has 0 radical (unpaired) electrons. The van der Waals surface area contributed by atoms with Crippen molar-refractivity contribution in [2.24, 2.45) is 0 Å². The van der Waals surface area contributed by atoms with Gasteiger partial charge in [0.1, 0.15) is 0 Å². The third kappa shape index (κ3) is 2.07. The summed E-state index contributed by atoms with van der Waals surface area (Å²) in [6, 6.07) is 10.7. The number of hydrogen-bond donors (Lipinski definition) is 1. The molecular formula is C21H22N2O3. The number of aromatic amines is 1. The Bertz CT molecular complexity index is 1010. The molecule has 1 unspecified atom stereocenters. The van der Waals surface area contributed by atoms with E-state index >= 15 is 0 Å². The van der Waals surface area contributed by atoms with E-state index in [0.29, 0.717) is 0 Å². The molecule has 2 aliphatic rings. The molecule has 5 rings (SSSR count). The lowest BCUT2D eigenvalue weighted by atomic mass is 9.86. The zero-order chi connectivity index (χ0) is 17.8. The van der Waals surface area contributed by atoms with Crippen molar-refractivity contribution in [3.05, 3.63) is 52.7 Å².